The lowest BCUT2D eigenvalue weighted by Crippen LogP contribution is -2.50. The molecule has 0 aliphatic carbocycles. The molecule has 92 valence electrons. The summed E-state index contributed by atoms with van der Waals surface area (Å²) in [5, 5.41) is 0. The second kappa shape index (κ2) is 5.15. The molecule has 0 aromatic rings. The summed E-state index contributed by atoms with van der Waals surface area (Å²) in [4.78, 5) is 13.8. The molecule has 0 N–H and O–H groups in total. The number of nitrogens with zero attached hydrogens (tertiary/aromatic N) is 1. The van der Waals surface area contributed by atoms with E-state index in [4.69, 9.17) is 9.47 Å². The lowest BCUT2D eigenvalue weighted by atomic mass is 10.0. The fourth-order valence-electron chi connectivity index (χ4n) is 2.42. The van der Waals surface area contributed by atoms with Gasteiger partial charge in [-0.2, -0.15) is 0 Å². The topological polar surface area (TPSA) is 38.8 Å². The fourth-order valence-corrected chi connectivity index (χ4v) is 2.42. The van der Waals surface area contributed by atoms with E-state index in [2.05, 4.69) is 6.92 Å². The number of amides is 1. The van der Waals surface area contributed by atoms with Crippen LogP contribution in [0.4, 0.5) is 0 Å². The highest BCUT2D eigenvalue weighted by molar-refractivity contribution is 5.76. The number of ether oxygens (including phenoxy) is 2. The third-order valence-electron chi connectivity index (χ3n) is 3.33. The predicted octanol–water partition coefficient (Wildman–Crippen LogP) is 1.54. The summed E-state index contributed by atoms with van der Waals surface area (Å²) >= 11 is 0. The van der Waals surface area contributed by atoms with Crippen LogP contribution in [0.5, 0.6) is 0 Å². The van der Waals surface area contributed by atoms with E-state index in [0.29, 0.717) is 26.2 Å². The van der Waals surface area contributed by atoms with Crippen LogP contribution in [0, 0.1) is 0 Å². The zero-order valence-corrected chi connectivity index (χ0v) is 10.0. The molecule has 4 nitrogen and oxygen atoms in total. The lowest BCUT2D eigenvalue weighted by Gasteiger charge is -2.38. The van der Waals surface area contributed by atoms with E-state index < -0.39 is 5.79 Å². The Hall–Kier alpha value is -0.610. The Morgan fingerprint density at radius 3 is 2.81 bits per heavy atom. The third kappa shape index (κ3) is 2.55. The largest absolute Gasteiger partial charge is 0.346 e. The van der Waals surface area contributed by atoms with E-state index in [-0.39, 0.29) is 5.91 Å². The standard InChI is InChI=1S/C12H21NO3/c1-2-3-5-11(14)13-7-4-6-12(10-13)15-8-9-16-12/h2-10H2,1H3. The van der Waals surface area contributed by atoms with Crippen LogP contribution in [0.3, 0.4) is 0 Å². The Kier molecular flexibility index (Phi) is 3.82. The van der Waals surface area contributed by atoms with Gasteiger partial charge in [-0.25, -0.2) is 0 Å². The fraction of sp³-hybridized carbons (Fsp3) is 0.917. The zero-order chi connectivity index (χ0) is 11.4. The molecule has 2 aliphatic heterocycles. The van der Waals surface area contributed by atoms with Gasteiger partial charge >= 0.3 is 0 Å². The second-order valence-corrected chi connectivity index (χ2v) is 4.63. The maximum atomic E-state index is 11.9. The minimum atomic E-state index is -0.472. The van der Waals surface area contributed by atoms with Gasteiger partial charge in [0.15, 0.2) is 5.79 Å². The van der Waals surface area contributed by atoms with Gasteiger partial charge in [-0.3, -0.25) is 4.79 Å². The van der Waals surface area contributed by atoms with Gasteiger partial charge in [-0.05, 0) is 12.8 Å². The summed E-state index contributed by atoms with van der Waals surface area (Å²) in [5.41, 5.74) is 0. The summed E-state index contributed by atoms with van der Waals surface area (Å²) < 4.78 is 11.3. The highest BCUT2D eigenvalue weighted by atomic mass is 16.7. The molecule has 2 fully saturated rings. The molecule has 0 unspecified atom stereocenters. The lowest BCUT2D eigenvalue weighted by molar-refractivity contribution is -0.193. The van der Waals surface area contributed by atoms with Gasteiger partial charge < -0.3 is 14.4 Å². The van der Waals surface area contributed by atoms with Crippen molar-refractivity contribution >= 4 is 5.91 Å². The quantitative estimate of drug-likeness (QED) is 0.734. The Balaban J connectivity index is 1.88. The van der Waals surface area contributed by atoms with Crippen molar-refractivity contribution in [3.8, 4) is 0 Å². The van der Waals surface area contributed by atoms with Gasteiger partial charge in [-0.15, -0.1) is 0 Å². The minimum Gasteiger partial charge on any atom is -0.346 e. The molecule has 1 amide bonds. The van der Waals surface area contributed by atoms with Crippen LogP contribution < -0.4 is 0 Å². The molecule has 16 heavy (non-hydrogen) atoms. The molecule has 2 aliphatic rings. The molecular formula is C12H21NO3. The number of likely N-dealkylation sites (tertiary alicyclic amines) is 1. The molecule has 4 heteroatoms. The van der Waals surface area contributed by atoms with Crippen LogP contribution in [0.2, 0.25) is 0 Å². The minimum absolute atomic E-state index is 0.250. The number of rotatable bonds is 3. The number of carbonyl (C=O) groups is 1. The summed E-state index contributed by atoms with van der Waals surface area (Å²) in [5.74, 6) is -0.222. The molecule has 0 aromatic heterocycles. The van der Waals surface area contributed by atoms with Crippen molar-refractivity contribution in [3.63, 3.8) is 0 Å². The molecule has 2 rings (SSSR count). The van der Waals surface area contributed by atoms with Crippen molar-refractivity contribution in [1.82, 2.24) is 4.90 Å². The van der Waals surface area contributed by atoms with Crippen molar-refractivity contribution in [2.45, 2.75) is 44.8 Å². The average molecular weight is 227 g/mol. The van der Waals surface area contributed by atoms with Crippen molar-refractivity contribution < 1.29 is 14.3 Å². The molecule has 0 aromatic carbocycles. The van der Waals surface area contributed by atoms with Crippen LogP contribution in [-0.4, -0.2) is 42.9 Å². The summed E-state index contributed by atoms with van der Waals surface area (Å²) in [6, 6.07) is 0. The first-order valence-electron chi connectivity index (χ1n) is 6.31. The van der Waals surface area contributed by atoms with Crippen LogP contribution in [0.15, 0.2) is 0 Å². The average Bonchev–Trinajstić information content (AvgIpc) is 2.74. The van der Waals surface area contributed by atoms with Gasteiger partial charge in [0.1, 0.15) is 0 Å². The Morgan fingerprint density at radius 2 is 2.12 bits per heavy atom. The number of carbonyl (C=O) groups excluding carboxylic acids is 1. The Labute approximate surface area is 96.9 Å². The number of piperidine rings is 1. The SMILES string of the molecule is CCCCC(=O)N1CCCC2(C1)OCCO2. The van der Waals surface area contributed by atoms with Gasteiger partial charge in [0.05, 0.1) is 19.8 Å². The molecule has 0 radical (unpaired) electrons. The number of unbranched alkanes of at least 4 members (excludes halogenated alkanes) is 1. The number of hydrogen-bond donors (Lipinski definition) is 0. The molecular weight excluding hydrogens is 206 g/mol. The monoisotopic (exact) mass is 227 g/mol. The summed E-state index contributed by atoms with van der Waals surface area (Å²) in [6.07, 6.45) is 4.61. The highest BCUT2D eigenvalue weighted by Gasteiger charge is 2.41. The normalized spacial score (nSPS) is 23.9. The predicted molar refractivity (Wildman–Crippen MR) is 60.0 cm³/mol. The third-order valence-corrected chi connectivity index (χ3v) is 3.33. The smallest absolute Gasteiger partial charge is 0.222 e. The van der Waals surface area contributed by atoms with Crippen molar-refractivity contribution in [2.24, 2.45) is 0 Å². The van der Waals surface area contributed by atoms with E-state index in [1.54, 1.807) is 0 Å². The van der Waals surface area contributed by atoms with Crippen molar-refractivity contribution in [2.75, 3.05) is 26.3 Å². The Bertz CT molecular complexity index is 249. The molecule has 1 spiro atoms. The zero-order valence-electron chi connectivity index (χ0n) is 10.0. The van der Waals surface area contributed by atoms with Crippen molar-refractivity contribution in [3.05, 3.63) is 0 Å². The molecule has 2 saturated heterocycles. The van der Waals surface area contributed by atoms with Gasteiger partial charge in [0, 0.05) is 19.4 Å². The van der Waals surface area contributed by atoms with E-state index in [0.717, 1.165) is 32.2 Å². The van der Waals surface area contributed by atoms with Gasteiger partial charge in [0.25, 0.3) is 0 Å². The van der Waals surface area contributed by atoms with Crippen LogP contribution in [0.1, 0.15) is 39.0 Å². The molecule has 0 bridgehead atoms. The summed E-state index contributed by atoms with van der Waals surface area (Å²) in [6.45, 7) is 4.91. The second-order valence-electron chi connectivity index (χ2n) is 4.63. The molecule has 0 atom stereocenters. The van der Waals surface area contributed by atoms with E-state index in [1.807, 2.05) is 4.90 Å². The maximum absolute atomic E-state index is 11.9. The summed E-state index contributed by atoms with van der Waals surface area (Å²) in [7, 11) is 0. The molecule has 0 saturated carbocycles. The maximum Gasteiger partial charge on any atom is 0.222 e. The van der Waals surface area contributed by atoms with E-state index >= 15 is 0 Å². The highest BCUT2D eigenvalue weighted by Crippen LogP contribution is 2.30. The van der Waals surface area contributed by atoms with Crippen LogP contribution >= 0.6 is 0 Å². The first-order chi connectivity index (χ1) is 7.76. The van der Waals surface area contributed by atoms with Gasteiger partial charge in [-0.1, -0.05) is 13.3 Å². The molecule has 2 heterocycles. The van der Waals surface area contributed by atoms with Crippen molar-refractivity contribution in [1.29, 1.82) is 0 Å². The van der Waals surface area contributed by atoms with E-state index in [1.165, 1.54) is 0 Å². The van der Waals surface area contributed by atoms with Crippen LogP contribution in [0.25, 0.3) is 0 Å². The van der Waals surface area contributed by atoms with Gasteiger partial charge in [0.2, 0.25) is 5.91 Å². The van der Waals surface area contributed by atoms with E-state index in [9.17, 15) is 4.79 Å². The Morgan fingerprint density at radius 1 is 1.38 bits per heavy atom. The first-order valence-corrected chi connectivity index (χ1v) is 6.31. The number of hydrogen-bond acceptors (Lipinski definition) is 3. The first kappa shape index (κ1) is 11.9. The van der Waals surface area contributed by atoms with Crippen LogP contribution in [-0.2, 0) is 14.3 Å².